The van der Waals surface area contributed by atoms with Gasteiger partial charge in [0.25, 0.3) is 0 Å². The SMILES string of the molecule is COc1ccc(CNc2ccccc2SC(F)(F)F)cc1. The van der Waals surface area contributed by atoms with Gasteiger partial charge in [-0.1, -0.05) is 24.3 Å². The molecule has 0 aliphatic rings. The van der Waals surface area contributed by atoms with Gasteiger partial charge < -0.3 is 10.1 Å². The van der Waals surface area contributed by atoms with Crippen LogP contribution in [0.4, 0.5) is 18.9 Å². The second-order valence-corrected chi connectivity index (χ2v) is 5.35. The molecule has 0 aliphatic carbocycles. The third-order valence-corrected chi connectivity index (χ3v) is 3.56. The van der Waals surface area contributed by atoms with E-state index in [1.54, 1.807) is 25.3 Å². The van der Waals surface area contributed by atoms with Crippen molar-refractivity contribution in [3.8, 4) is 5.75 Å². The van der Waals surface area contributed by atoms with Crippen LogP contribution in [0.5, 0.6) is 5.75 Å². The van der Waals surface area contributed by atoms with Crippen LogP contribution in [0.2, 0.25) is 0 Å². The summed E-state index contributed by atoms with van der Waals surface area (Å²) >= 11 is -0.114. The van der Waals surface area contributed by atoms with Crippen LogP contribution >= 0.6 is 11.8 Å². The molecule has 112 valence electrons. The van der Waals surface area contributed by atoms with Gasteiger partial charge in [0.1, 0.15) is 5.75 Å². The highest BCUT2D eigenvalue weighted by atomic mass is 32.2. The maximum Gasteiger partial charge on any atom is 0.446 e. The van der Waals surface area contributed by atoms with Gasteiger partial charge in [-0.2, -0.15) is 13.2 Å². The Labute approximate surface area is 125 Å². The van der Waals surface area contributed by atoms with Gasteiger partial charge in [0, 0.05) is 17.1 Å². The molecule has 2 aromatic rings. The van der Waals surface area contributed by atoms with Gasteiger partial charge >= 0.3 is 5.51 Å². The number of para-hydroxylation sites is 1. The van der Waals surface area contributed by atoms with E-state index in [1.165, 1.54) is 6.07 Å². The average molecular weight is 313 g/mol. The summed E-state index contributed by atoms with van der Waals surface area (Å²) in [6.45, 7) is 0.444. The minimum atomic E-state index is -4.29. The highest BCUT2D eigenvalue weighted by molar-refractivity contribution is 8.00. The van der Waals surface area contributed by atoms with Crippen LogP contribution in [0.25, 0.3) is 0 Å². The van der Waals surface area contributed by atoms with Gasteiger partial charge in [-0.05, 0) is 41.6 Å². The van der Waals surface area contributed by atoms with Gasteiger partial charge in [-0.25, -0.2) is 0 Å². The molecule has 2 aromatic carbocycles. The van der Waals surface area contributed by atoms with E-state index >= 15 is 0 Å². The zero-order valence-corrected chi connectivity index (χ0v) is 12.1. The number of benzene rings is 2. The van der Waals surface area contributed by atoms with Gasteiger partial charge in [0.05, 0.1) is 7.11 Å². The second kappa shape index (κ2) is 6.76. The van der Waals surface area contributed by atoms with E-state index in [4.69, 9.17) is 4.74 Å². The fourth-order valence-corrected chi connectivity index (χ4v) is 2.41. The van der Waals surface area contributed by atoms with Crippen LogP contribution in [0, 0.1) is 0 Å². The van der Waals surface area contributed by atoms with Crippen molar-refractivity contribution < 1.29 is 17.9 Å². The molecule has 2 nitrogen and oxygen atoms in total. The van der Waals surface area contributed by atoms with Crippen LogP contribution < -0.4 is 10.1 Å². The largest absolute Gasteiger partial charge is 0.497 e. The van der Waals surface area contributed by atoms with Crippen molar-refractivity contribution in [2.24, 2.45) is 0 Å². The van der Waals surface area contributed by atoms with Crippen molar-refractivity contribution in [3.05, 3.63) is 54.1 Å². The summed E-state index contributed by atoms with van der Waals surface area (Å²) in [6, 6.07) is 13.7. The molecular formula is C15H14F3NOS. The third kappa shape index (κ3) is 4.90. The van der Waals surface area contributed by atoms with E-state index in [1.807, 2.05) is 24.3 Å². The molecule has 2 rings (SSSR count). The maximum atomic E-state index is 12.5. The first-order valence-electron chi connectivity index (χ1n) is 6.19. The van der Waals surface area contributed by atoms with Crippen molar-refractivity contribution in [2.75, 3.05) is 12.4 Å². The Kier molecular flexibility index (Phi) is 5.01. The number of rotatable bonds is 5. The fourth-order valence-electron chi connectivity index (χ4n) is 1.77. The maximum absolute atomic E-state index is 12.5. The molecule has 0 saturated carbocycles. The summed E-state index contributed by atoms with van der Waals surface area (Å²) in [7, 11) is 1.58. The molecular weight excluding hydrogens is 299 g/mol. The van der Waals surface area contributed by atoms with Crippen LogP contribution in [-0.2, 0) is 6.54 Å². The Morgan fingerprint density at radius 2 is 1.71 bits per heavy atom. The van der Waals surface area contributed by atoms with Gasteiger partial charge in [-0.15, -0.1) is 0 Å². The Hall–Kier alpha value is -1.82. The number of methoxy groups -OCH3 is 1. The molecule has 0 amide bonds. The van der Waals surface area contributed by atoms with Crippen LogP contribution in [0.15, 0.2) is 53.4 Å². The summed E-state index contributed by atoms with van der Waals surface area (Å²) in [5.41, 5.74) is -2.86. The lowest BCUT2D eigenvalue weighted by Gasteiger charge is -2.13. The Bertz CT molecular complexity index is 584. The standard InChI is InChI=1S/C15H14F3NOS/c1-20-12-8-6-11(7-9-12)10-19-13-4-2-3-5-14(13)21-15(16,17)18/h2-9,19H,10H2,1H3. The molecule has 0 spiro atoms. The molecule has 0 radical (unpaired) electrons. The lowest BCUT2D eigenvalue weighted by atomic mass is 10.2. The Balaban J connectivity index is 2.05. The summed E-state index contributed by atoms with van der Waals surface area (Å²) < 4.78 is 42.5. The number of hydrogen-bond donors (Lipinski definition) is 1. The summed E-state index contributed by atoms with van der Waals surface area (Å²) in [5, 5.41) is 3.03. The molecule has 0 heterocycles. The smallest absolute Gasteiger partial charge is 0.446 e. The Morgan fingerprint density at radius 3 is 2.33 bits per heavy atom. The third-order valence-electron chi connectivity index (χ3n) is 2.75. The van der Waals surface area contributed by atoms with Crippen molar-refractivity contribution in [1.82, 2.24) is 0 Å². The highest BCUT2D eigenvalue weighted by Gasteiger charge is 2.30. The minimum Gasteiger partial charge on any atom is -0.497 e. The van der Waals surface area contributed by atoms with E-state index < -0.39 is 5.51 Å². The first kappa shape index (κ1) is 15.6. The number of thioether (sulfide) groups is 1. The molecule has 21 heavy (non-hydrogen) atoms. The molecule has 0 fully saturated rings. The molecule has 1 N–H and O–H groups in total. The van der Waals surface area contributed by atoms with Gasteiger partial charge in [-0.3, -0.25) is 0 Å². The first-order valence-corrected chi connectivity index (χ1v) is 7.01. The monoisotopic (exact) mass is 313 g/mol. The van der Waals surface area contributed by atoms with Crippen molar-refractivity contribution in [3.63, 3.8) is 0 Å². The Morgan fingerprint density at radius 1 is 1.05 bits per heavy atom. The van der Waals surface area contributed by atoms with E-state index in [0.717, 1.165) is 11.3 Å². The number of hydrogen-bond acceptors (Lipinski definition) is 3. The molecule has 0 bridgehead atoms. The summed E-state index contributed by atoms with van der Waals surface area (Å²) in [6.07, 6.45) is 0. The molecule has 0 saturated heterocycles. The first-order chi connectivity index (χ1) is 9.98. The van der Waals surface area contributed by atoms with E-state index in [0.29, 0.717) is 12.2 Å². The normalized spacial score (nSPS) is 11.2. The second-order valence-electron chi connectivity index (χ2n) is 4.25. The van der Waals surface area contributed by atoms with E-state index in [2.05, 4.69) is 5.32 Å². The molecule has 0 aromatic heterocycles. The van der Waals surface area contributed by atoms with E-state index in [-0.39, 0.29) is 16.7 Å². The number of alkyl halides is 3. The topological polar surface area (TPSA) is 21.3 Å². The van der Waals surface area contributed by atoms with Crippen molar-refractivity contribution in [2.45, 2.75) is 16.9 Å². The van der Waals surface area contributed by atoms with Crippen molar-refractivity contribution in [1.29, 1.82) is 0 Å². The number of anilines is 1. The van der Waals surface area contributed by atoms with E-state index in [9.17, 15) is 13.2 Å². The summed E-state index contributed by atoms with van der Waals surface area (Å²) in [5.74, 6) is 0.742. The van der Waals surface area contributed by atoms with Crippen LogP contribution in [-0.4, -0.2) is 12.6 Å². The van der Waals surface area contributed by atoms with Crippen molar-refractivity contribution >= 4 is 17.4 Å². The average Bonchev–Trinajstić information content (AvgIpc) is 2.45. The quantitative estimate of drug-likeness (QED) is 0.792. The predicted molar refractivity (Wildman–Crippen MR) is 78.7 cm³/mol. The van der Waals surface area contributed by atoms with Crippen LogP contribution in [0.3, 0.4) is 0 Å². The molecule has 6 heteroatoms. The highest BCUT2D eigenvalue weighted by Crippen LogP contribution is 2.40. The lowest BCUT2D eigenvalue weighted by Crippen LogP contribution is -2.04. The fraction of sp³-hybridized carbons (Fsp3) is 0.200. The van der Waals surface area contributed by atoms with Crippen LogP contribution in [0.1, 0.15) is 5.56 Å². The summed E-state index contributed by atoms with van der Waals surface area (Å²) in [4.78, 5) is 0.165. The minimum absolute atomic E-state index is 0.114. The van der Waals surface area contributed by atoms with Gasteiger partial charge in [0.2, 0.25) is 0 Å². The number of halogens is 3. The molecule has 0 aliphatic heterocycles. The van der Waals surface area contributed by atoms with Gasteiger partial charge in [0.15, 0.2) is 0 Å². The molecule has 0 unspecified atom stereocenters. The zero-order valence-electron chi connectivity index (χ0n) is 11.3. The lowest BCUT2D eigenvalue weighted by molar-refractivity contribution is -0.0327. The molecule has 0 atom stereocenters. The predicted octanol–water partition coefficient (Wildman–Crippen LogP) is 4.92. The number of ether oxygens (including phenoxy) is 1. The zero-order chi connectivity index (χ0) is 15.3. The number of nitrogens with one attached hydrogen (secondary N) is 1.